The van der Waals surface area contributed by atoms with Crippen molar-refractivity contribution in [3.8, 4) is 0 Å². The van der Waals surface area contributed by atoms with Crippen LogP contribution < -0.4 is 5.32 Å². The normalized spacial score (nSPS) is 11.4. The summed E-state index contributed by atoms with van der Waals surface area (Å²) in [5.74, 6) is -1.16. The van der Waals surface area contributed by atoms with Gasteiger partial charge in [0.15, 0.2) is 0 Å². The number of halogens is 1. The monoisotopic (exact) mass is 268 g/mol. The lowest BCUT2D eigenvalue weighted by molar-refractivity contribution is 0.0212. The van der Waals surface area contributed by atoms with E-state index in [4.69, 9.17) is 0 Å². The first-order chi connectivity index (χ1) is 9.00. The van der Waals surface area contributed by atoms with Gasteiger partial charge in [-0.05, 0) is 25.0 Å². The second kappa shape index (κ2) is 7.19. The lowest BCUT2D eigenvalue weighted by Gasteiger charge is -2.27. The van der Waals surface area contributed by atoms with Gasteiger partial charge in [0, 0.05) is 6.54 Å². The van der Waals surface area contributed by atoms with Crippen molar-refractivity contribution in [2.24, 2.45) is 0 Å². The van der Waals surface area contributed by atoms with Crippen LogP contribution in [0.5, 0.6) is 0 Å². The third-order valence-corrected chi connectivity index (χ3v) is 2.96. The number of nitrogens with one attached hydrogen (secondary N) is 1. The summed E-state index contributed by atoms with van der Waals surface area (Å²) in [5.41, 5.74) is -0.873. The average molecular weight is 268 g/mol. The van der Waals surface area contributed by atoms with Gasteiger partial charge in [-0.2, -0.15) is 4.39 Å². The Morgan fingerprint density at radius 2 is 2.00 bits per heavy atom. The predicted molar refractivity (Wildman–Crippen MR) is 71.3 cm³/mol. The Morgan fingerprint density at radius 3 is 2.53 bits per heavy atom. The molecular weight excluding hydrogens is 247 g/mol. The summed E-state index contributed by atoms with van der Waals surface area (Å²) in [7, 11) is 0. The van der Waals surface area contributed by atoms with Crippen LogP contribution in [0.1, 0.15) is 50.0 Å². The van der Waals surface area contributed by atoms with Gasteiger partial charge in [-0.15, -0.1) is 0 Å². The molecule has 0 unspecified atom stereocenters. The molecule has 1 heterocycles. The van der Waals surface area contributed by atoms with Gasteiger partial charge < -0.3 is 10.4 Å². The lowest BCUT2D eigenvalue weighted by atomic mass is 9.92. The van der Waals surface area contributed by atoms with E-state index in [0.717, 1.165) is 12.8 Å². The molecule has 0 saturated heterocycles. The molecular formula is C14H21FN2O2. The largest absolute Gasteiger partial charge is 0.388 e. The number of rotatable bonds is 7. The van der Waals surface area contributed by atoms with Gasteiger partial charge in [0.25, 0.3) is 5.91 Å². The van der Waals surface area contributed by atoms with Gasteiger partial charge in [0.2, 0.25) is 5.95 Å². The van der Waals surface area contributed by atoms with E-state index in [1.54, 1.807) is 0 Å². The van der Waals surface area contributed by atoms with E-state index < -0.39 is 17.5 Å². The molecule has 0 aliphatic rings. The maximum absolute atomic E-state index is 12.9. The number of carbonyl (C=O) groups is 1. The number of nitrogens with zero attached hydrogens (tertiary/aromatic N) is 1. The van der Waals surface area contributed by atoms with E-state index >= 15 is 0 Å². The molecule has 1 rings (SSSR count). The summed E-state index contributed by atoms with van der Waals surface area (Å²) >= 11 is 0. The van der Waals surface area contributed by atoms with Gasteiger partial charge in [-0.25, -0.2) is 4.98 Å². The number of pyridine rings is 1. The zero-order valence-electron chi connectivity index (χ0n) is 11.4. The van der Waals surface area contributed by atoms with Crippen LogP contribution in [0, 0.1) is 5.95 Å². The molecule has 0 bridgehead atoms. The van der Waals surface area contributed by atoms with Crippen LogP contribution >= 0.6 is 0 Å². The van der Waals surface area contributed by atoms with Crippen molar-refractivity contribution >= 4 is 5.91 Å². The summed E-state index contributed by atoms with van der Waals surface area (Å²) in [5, 5.41) is 13.0. The maximum Gasteiger partial charge on any atom is 0.270 e. The fraction of sp³-hybridized carbons (Fsp3) is 0.571. The fourth-order valence-corrected chi connectivity index (χ4v) is 2.10. The molecule has 19 heavy (non-hydrogen) atoms. The SMILES string of the molecule is CCCC(O)(CCC)CNC(=O)c1cccc(F)n1. The molecule has 1 aromatic rings. The molecule has 2 N–H and O–H groups in total. The van der Waals surface area contributed by atoms with Crippen molar-refractivity contribution in [1.29, 1.82) is 0 Å². The molecule has 0 aromatic carbocycles. The van der Waals surface area contributed by atoms with Crippen molar-refractivity contribution in [3.63, 3.8) is 0 Å². The molecule has 0 aliphatic carbocycles. The minimum absolute atomic E-state index is 0.0235. The Hall–Kier alpha value is -1.49. The van der Waals surface area contributed by atoms with Crippen molar-refractivity contribution in [1.82, 2.24) is 10.3 Å². The summed E-state index contributed by atoms with van der Waals surface area (Å²) in [6, 6.07) is 4.06. The highest BCUT2D eigenvalue weighted by atomic mass is 19.1. The summed E-state index contributed by atoms with van der Waals surface area (Å²) in [6.45, 7) is 4.12. The molecule has 4 nitrogen and oxygen atoms in total. The van der Waals surface area contributed by atoms with E-state index in [2.05, 4.69) is 10.3 Å². The molecule has 0 spiro atoms. The van der Waals surface area contributed by atoms with E-state index in [-0.39, 0.29) is 12.2 Å². The van der Waals surface area contributed by atoms with Crippen LogP contribution in [0.2, 0.25) is 0 Å². The Labute approximate surface area is 113 Å². The highest BCUT2D eigenvalue weighted by molar-refractivity contribution is 5.92. The van der Waals surface area contributed by atoms with Crippen LogP contribution in [0.4, 0.5) is 4.39 Å². The molecule has 106 valence electrons. The van der Waals surface area contributed by atoms with Gasteiger partial charge >= 0.3 is 0 Å². The first-order valence-corrected chi connectivity index (χ1v) is 6.64. The Kier molecular flexibility index (Phi) is 5.89. The predicted octanol–water partition coefficient (Wildman–Crippen LogP) is 2.28. The van der Waals surface area contributed by atoms with Crippen LogP contribution in [0.25, 0.3) is 0 Å². The van der Waals surface area contributed by atoms with Gasteiger partial charge in [0.1, 0.15) is 5.69 Å². The molecule has 1 aromatic heterocycles. The standard InChI is InChI=1S/C14H21FN2O2/c1-3-8-14(19,9-4-2)10-16-13(18)11-6-5-7-12(15)17-11/h5-7,19H,3-4,8-10H2,1-2H3,(H,16,18). The zero-order valence-corrected chi connectivity index (χ0v) is 11.4. The Bertz CT molecular complexity index is 418. The minimum atomic E-state index is -0.896. The highest BCUT2D eigenvalue weighted by Gasteiger charge is 2.25. The fourth-order valence-electron chi connectivity index (χ4n) is 2.10. The quantitative estimate of drug-likeness (QED) is 0.746. The second-order valence-corrected chi connectivity index (χ2v) is 4.75. The van der Waals surface area contributed by atoms with Crippen molar-refractivity contribution in [2.45, 2.75) is 45.1 Å². The first-order valence-electron chi connectivity index (χ1n) is 6.64. The van der Waals surface area contributed by atoms with Gasteiger partial charge in [-0.3, -0.25) is 4.79 Å². The van der Waals surface area contributed by atoms with Crippen LogP contribution in [0.15, 0.2) is 18.2 Å². The minimum Gasteiger partial charge on any atom is -0.388 e. The zero-order chi connectivity index (χ0) is 14.3. The summed E-state index contributed by atoms with van der Waals surface area (Å²) in [4.78, 5) is 15.3. The van der Waals surface area contributed by atoms with Crippen LogP contribution in [-0.2, 0) is 0 Å². The van der Waals surface area contributed by atoms with Gasteiger partial charge in [-0.1, -0.05) is 32.8 Å². The smallest absolute Gasteiger partial charge is 0.270 e. The first kappa shape index (κ1) is 15.6. The molecule has 0 fully saturated rings. The Morgan fingerprint density at radius 1 is 1.37 bits per heavy atom. The van der Waals surface area contributed by atoms with E-state index in [0.29, 0.717) is 12.8 Å². The molecule has 5 heteroatoms. The summed E-state index contributed by atoms with van der Waals surface area (Å²) in [6.07, 6.45) is 2.92. The molecule has 0 saturated carbocycles. The number of carbonyl (C=O) groups excluding carboxylic acids is 1. The van der Waals surface area contributed by atoms with Crippen LogP contribution in [-0.4, -0.2) is 28.1 Å². The van der Waals surface area contributed by atoms with E-state index in [1.165, 1.54) is 18.2 Å². The topological polar surface area (TPSA) is 62.2 Å². The maximum atomic E-state index is 12.9. The third-order valence-electron chi connectivity index (χ3n) is 2.96. The van der Waals surface area contributed by atoms with Crippen molar-refractivity contribution in [2.75, 3.05) is 6.54 Å². The van der Waals surface area contributed by atoms with E-state index in [9.17, 15) is 14.3 Å². The second-order valence-electron chi connectivity index (χ2n) is 4.75. The lowest BCUT2D eigenvalue weighted by Crippen LogP contribution is -2.43. The molecule has 0 aliphatic heterocycles. The number of hydrogen-bond donors (Lipinski definition) is 2. The van der Waals surface area contributed by atoms with E-state index in [1.807, 2.05) is 13.8 Å². The van der Waals surface area contributed by atoms with Crippen molar-refractivity contribution in [3.05, 3.63) is 29.8 Å². The summed E-state index contributed by atoms with van der Waals surface area (Å²) < 4.78 is 12.9. The van der Waals surface area contributed by atoms with Gasteiger partial charge in [0.05, 0.1) is 5.60 Å². The van der Waals surface area contributed by atoms with Crippen molar-refractivity contribution < 1.29 is 14.3 Å². The number of amides is 1. The number of hydrogen-bond acceptors (Lipinski definition) is 3. The number of aromatic nitrogens is 1. The van der Waals surface area contributed by atoms with Crippen LogP contribution in [0.3, 0.4) is 0 Å². The molecule has 1 amide bonds. The molecule has 0 atom stereocenters. The third kappa shape index (κ3) is 4.95. The average Bonchev–Trinajstić information content (AvgIpc) is 2.37. The number of aliphatic hydroxyl groups is 1. The molecule has 0 radical (unpaired) electrons. The highest BCUT2D eigenvalue weighted by Crippen LogP contribution is 2.18. The Balaban J connectivity index is 2.61.